The van der Waals surface area contributed by atoms with Gasteiger partial charge in [-0.3, -0.25) is 10.1 Å². The van der Waals surface area contributed by atoms with Crippen molar-refractivity contribution in [2.45, 2.75) is 13.0 Å². The molecular weight excluding hydrogens is 252 g/mol. The number of benzene rings is 1. The van der Waals surface area contributed by atoms with Gasteiger partial charge in [0.15, 0.2) is 0 Å². The Morgan fingerprint density at radius 1 is 1.64 bits per heavy atom. The summed E-state index contributed by atoms with van der Waals surface area (Å²) in [5.74, 6) is -0.376. The summed E-state index contributed by atoms with van der Waals surface area (Å²) in [7, 11) is 0. The van der Waals surface area contributed by atoms with Gasteiger partial charge in [-0.1, -0.05) is 0 Å². The zero-order chi connectivity index (χ0) is 10.9. The van der Waals surface area contributed by atoms with Crippen LogP contribution in [0.2, 0.25) is 0 Å². The summed E-state index contributed by atoms with van der Waals surface area (Å²) in [4.78, 5) is 9.89. The number of nitrogens with zero attached hydrogens (tertiary/aromatic N) is 1. The van der Waals surface area contributed by atoms with E-state index in [0.29, 0.717) is 5.56 Å². The molecule has 76 valence electrons. The summed E-state index contributed by atoms with van der Waals surface area (Å²) >= 11 is 3.02. The van der Waals surface area contributed by atoms with E-state index in [1.165, 1.54) is 6.07 Å². The van der Waals surface area contributed by atoms with Gasteiger partial charge in [-0.15, -0.1) is 0 Å². The second kappa shape index (κ2) is 3.93. The van der Waals surface area contributed by atoms with Crippen LogP contribution in [0.3, 0.4) is 0 Å². The number of nitro groups is 1. The van der Waals surface area contributed by atoms with Crippen LogP contribution in [0.4, 0.5) is 5.69 Å². The van der Waals surface area contributed by atoms with E-state index in [4.69, 9.17) is 5.73 Å². The van der Waals surface area contributed by atoms with Gasteiger partial charge in [0.25, 0.3) is 0 Å². The molecule has 6 heteroatoms. The number of phenols is 1. The van der Waals surface area contributed by atoms with Gasteiger partial charge in [0, 0.05) is 12.1 Å². The molecule has 1 unspecified atom stereocenters. The number of nitrogens with two attached hydrogens (primary N) is 1. The molecule has 14 heavy (non-hydrogen) atoms. The number of phenolic OH excluding ortho intramolecular Hbond substituents is 1. The van der Waals surface area contributed by atoms with E-state index in [1.54, 1.807) is 13.0 Å². The fourth-order valence-electron chi connectivity index (χ4n) is 1.01. The molecular formula is C8H9BrN2O3. The summed E-state index contributed by atoms with van der Waals surface area (Å²) in [6.45, 7) is 1.71. The van der Waals surface area contributed by atoms with Crippen LogP contribution >= 0.6 is 15.9 Å². The molecule has 0 saturated heterocycles. The van der Waals surface area contributed by atoms with Gasteiger partial charge in [-0.2, -0.15) is 0 Å². The maximum Gasteiger partial charge on any atom is 0.312 e. The lowest BCUT2D eigenvalue weighted by atomic mass is 10.1. The van der Waals surface area contributed by atoms with Gasteiger partial charge < -0.3 is 10.8 Å². The van der Waals surface area contributed by atoms with Crippen molar-refractivity contribution in [2.75, 3.05) is 0 Å². The lowest BCUT2D eigenvalue weighted by molar-refractivity contribution is -0.386. The van der Waals surface area contributed by atoms with Gasteiger partial charge in [0.1, 0.15) is 0 Å². The van der Waals surface area contributed by atoms with Crippen molar-refractivity contribution in [3.63, 3.8) is 0 Å². The molecule has 0 aliphatic heterocycles. The van der Waals surface area contributed by atoms with Crippen LogP contribution < -0.4 is 5.73 Å². The normalized spacial score (nSPS) is 12.5. The monoisotopic (exact) mass is 260 g/mol. The number of halogens is 1. The highest BCUT2D eigenvalue weighted by atomic mass is 79.9. The van der Waals surface area contributed by atoms with E-state index in [2.05, 4.69) is 15.9 Å². The third-order valence-corrected chi connectivity index (χ3v) is 2.39. The first-order chi connectivity index (χ1) is 6.43. The molecule has 0 aromatic heterocycles. The number of nitro benzene ring substituents is 1. The van der Waals surface area contributed by atoms with Crippen molar-refractivity contribution in [3.05, 3.63) is 32.3 Å². The molecule has 1 aromatic carbocycles. The smallest absolute Gasteiger partial charge is 0.312 e. The average Bonchev–Trinajstić information content (AvgIpc) is 2.08. The molecule has 1 atom stereocenters. The lowest BCUT2D eigenvalue weighted by Gasteiger charge is -2.07. The molecule has 0 fully saturated rings. The van der Waals surface area contributed by atoms with Gasteiger partial charge in [0.05, 0.1) is 9.40 Å². The Hall–Kier alpha value is -1.14. The van der Waals surface area contributed by atoms with Crippen LogP contribution in [0.25, 0.3) is 0 Å². The highest BCUT2D eigenvalue weighted by Gasteiger charge is 2.18. The molecule has 0 aliphatic rings. The first-order valence-corrected chi connectivity index (χ1v) is 4.65. The maximum absolute atomic E-state index is 10.5. The summed E-state index contributed by atoms with van der Waals surface area (Å²) in [6.07, 6.45) is 0. The number of aromatic hydroxyl groups is 1. The molecule has 5 nitrogen and oxygen atoms in total. The zero-order valence-corrected chi connectivity index (χ0v) is 8.98. The molecule has 0 heterocycles. The van der Waals surface area contributed by atoms with Crippen molar-refractivity contribution in [1.82, 2.24) is 0 Å². The maximum atomic E-state index is 10.5. The first kappa shape index (κ1) is 10.9. The largest absolute Gasteiger partial charge is 0.501 e. The Morgan fingerprint density at radius 2 is 2.21 bits per heavy atom. The summed E-state index contributed by atoms with van der Waals surface area (Å²) in [5, 5.41) is 19.9. The second-order valence-corrected chi connectivity index (χ2v) is 3.77. The summed E-state index contributed by atoms with van der Waals surface area (Å²) < 4.78 is 0.277. The Morgan fingerprint density at radius 3 is 2.64 bits per heavy atom. The average molecular weight is 261 g/mol. The molecule has 0 amide bonds. The first-order valence-electron chi connectivity index (χ1n) is 3.86. The van der Waals surface area contributed by atoms with Crippen LogP contribution in [0.1, 0.15) is 18.5 Å². The van der Waals surface area contributed by atoms with Crippen molar-refractivity contribution < 1.29 is 10.0 Å². The van der Waals surface area contributed by atoms with Crippen molar-refractivity contribution >= 4 is 21.6 Å². The Kier molecular flexibility index (Phi) is 3.07. The van der Waals surface area contributed by atoms with E-state index < -0.39 is 4.92 Å². The highest BCUT2D eigenvalue weighted by Crippen LogP contribution is 2.36. The minimum atomic E-state index is -0.647. The standard InChI is InChI=1S/C8H9BrN2O3/c1-4(10)5-2-6(9)8(12)7(3-5)11(13)14/h2-4,12H,10H2,1H3. The fraction of sp³-hybridized carbons (Fsp3) is 0.250. The van der Waals surface area contributed by atoms with Crippen LogP contribution in [0.5, 0.6) is 5.75 Å². The molecule has 1 rings (SSSR count). The molecule has 3 N–H and O–H groups in total. The minimum absolute atomic E-state index is 0.277. The van der Waals surface area contributed by atoms with Crippen LogP contribution in [-0.2, 0) is 0 Å². The molecule has 0 radical (unpaired) electrons. The lowest BCUT2D eigenvalue weighted by Crippen LogP contribution is -2.05. The van der Waals surface area contributed by atoms with Gasteiger partial charge in [-0.25, -0.2) is 0 Å². The number of hydrogen-bond donors (Lipinski definition) is 2. The van der Waals surface area contributed by atoms with E-state index >= 15 is 0 Å². The van der Waals surface area contributed by atoms with Crippen LogP contribution in [-0.4, -0.2) is 10.0 Å². The van der Waals surface area contributed by atoms with Gasteiger partial charge in [0.2, 0.25) is 5.75 Å². The van der Waals surface area contributed by atoms with Gasteiger partial charge >= 0.3 is 5.69 Å². The molecule has 0 spiro atoms. The zero-order valence-electron chi connectivity index (χ0n) is 7.40. The predicted octanol–water partition coefficient (Wildman–Crippen LogP) is 2.08. The van der Waals surface area contributed by atoms with Gasteiger partial charge in [-0.05, 0) is 34.5 Å². The Balaban J connectivity index is 3.35. The Labute approximate surface area is 88.8 Å². The fourth-order valence-corrected chi connectivity index (χ4v) is 1.47. The Bertz CT molecular complexity index is 379. The van der Waals surface area contributed by atoms with Crippen molar-refractivity contribution in [1.29, 1.82) is 0 Å². The topological polar surface area (TPSA) is 89.4 Å². The summed E-state index contributed by atoms with van der Waals surface area (Å²) in [5.41, 5.74) is 5.83. The minimum Gasteiger partial charge on any atom is -0.501 e. The van der Waals surface area contributed by atoms with Crippen molar-refractivity contribution in [3.8, 4) is 5.75 Å². The quantitative estimate of drug-likeness (QED) is 0.630. The second-order valence-electron chi connectivity index (χ2n) is 2.92. The van der Waals surface area contributed by atoms with E-state index in [9.17, 15) is 15.2 Å². The molecule has 1 aromatic rings. The summed E-state index contributed by atoms with van der Waals surface area (Å²) in [6, 6.07) is 2.52. The predicted molar refractivity (Wildman–Crippen MR) is 55.1 cm³/mol. The molecule has 0 bridgehead atoms. The van der Waals surface area contributed by atoms with E-state index in [0.717, 1.165) is 0 Å². The van der Waals surface area contributed by atoms with E-state index in [-0.39, 0.29) is 22.0 Å². The number of rotatable bonds is 2. The third kappa shape index (κ3) is 2.02. The van der Waals surface area contributed by atoms with E-state index in [1.807, 2.05) is 0 Å². The van der Waals surface area contributed by atoms with Crippen molar-refractivity contribution in [2.24, 2.45) is 5.73 Å². The highest BCUT2D eigenvalue weighted by molar-refractivity contribution is 9.10. The number of hydrogen-bond acceptors (Lipinski definition) is 4. The molecule has 0 aliphatic carbocycles. The SMILES string of the molecule is CC(N)c1cc(Br)c(O)c([N+](=O)[O-])c1. The van der Waals surface area contributed by atoms with Crippen LogP contribution in [0.15, 0.2) is 16.6 Å². The molecule has 0 saturated carbocycles. The van der Waals surface area contributed by atoms with Crippen LogP contribution in [0, 0.1) is 10.1 Å². The third-order valence-electron chi connectivity index (χ3n) is 1.79.